The van der Waals surface area contributed by atoms with Gasteiger partial charge in [0.1, 0.15) is 12.0 Å². The zero-order chi connectivity index (χ0) is 17.5. The van der Waals surface area contributed by atoms with E-state index in [1.54, 1.807) is 4.68 Å². The van der Waals surface area contributed by atoms with Gasteiger partial charge in [-0.3, -0.25) is 0 Å². The van der Waals surface area contributed by atoms with E-state index in [0.717, 1.165) is 29.8 Å². The molecular weight excluding hydrogens is 320 g/mol. The number of aryl methyl sites for hydroxylation is 2. The van der Waals surface area contributed by atoms with Gasteiger partial charge in [-0.1, -0.05) is 26.8 Å². The van der Waals surface area contributed by atoms with Crippen LogP contribution in [0.3, 0.4) is 0 Å². The van der Waals surface area contributed by atoms with Crippen LogP contribution in [0.15, 0.2) is 42.5 Å². The average Bonchev–Trinajstić information content (AvgIpc) is 3.04. The Labute approximate surface area is 149 Å². The minimum Gasteiger partial charge on any atom is -0.500 e. The molecule has 0 aliphatic carbocycles. The van der Waals surface area contributed by atoms with Gasteiger partial charge in [0, 0.05) is 12.3 Å². The second kappa shape index (κ2) is 9.52. The van der Waals surface area contributed by atoms with Crippen LogP contribution < -0.4 is 4.74 Å². The van der Waals surface area contributed by atoms with Crippen LogP contribution >= 0.6 is 0 Å². The molecule has 0 amide bonds. The molecule has 0 unspecified atom stereocenters. The van der Waals surface area contributed by atoms with Gasteiger partial charge < -0.3 is 14.2 Å². The third kappa shape index (κ3) is 5.11. The first-order valence-electron chi connectivity index (χ1n) is 7.73. The summed E-state index contributed by atoms with van der Waals surface area (Å²) in [5, 5.41) is 4.54. The lowest BCUT2D eigenvalue weighted by Crippen LogP contribution is -2.12. The first-order chi connectivity index (χ1) is 11.6. The number of ether oxygens (including phenoxy) is 3. The van der Waals surface area contributed by atoms with Gasteiger partial charge in [-0.05, 0) is 31.0 Å². The van der Waals surface area contributed by atoms with Crippen molar-refractivity contribution in [3.8, 4) is 11.4 Å². The summed E-state index contributed by atoms with van der Waals surface area (Å²) in [6.45, 7) is 4.01. The van der Waals surface area contributed by atoms with Crippen LogP contribution in [0.4, 0.5) is 0 Å². The first-order valence-corrected chi connectivity index (χ1v) is 7.73. The zero-order valence-electron chi connectivity index (χ0n) is 14.4. The van der Waals surface area contributed by atoms with Crippen molar-refractivity contribution < 1.29 is 19.0 Å². The van der Waals surface area contributed by atoms with E-state index in [1.165, 1.54) is 20.5 Å². The third-order valence-corrected chi connectivity index (χ3v) is 3.42. The third-order valence-electron chi connectivity index (χ3n) is 3.42. The Hall–Kier alpha value is -2.76. The fourth-order valence-corrected chi connectivity index (χ4v) is 2.18. The van der Waals surface area contributed by atoms with Crippen LogP contribution in [0, 0.1) is 6.92 Å². The summed E-state index contributed by atoms with van der Waals surface area (Å²) in [5.74, 6) is -0.0906. The smallest absolute Gasteiger partial charge is 0.377 e. The minimum atomic E-state index is -0.606. The number of nitrogens with zero attached hydrogens (tertiary/aromatic N) is 2. The number of hydrogen-bond donors (Lipinski definition) is 0. The molecular formula is C19H26N2O4. The number of carbonyl (C=O) groups excluding carboxylic acids is 1. The highest BCUT2D eigenvalue weighted by Gasteiger charge is 2.15. The summed E-state index contributed by atoms with van der Waals surface area (Å²) < 4.78 is 17.0. The molecule has 0 radical (unpaired) electrons. The van der Waals surface area contributed by atoms with Gasteiger partial charge in [0.05, 0.1) is 25.6 Å². The second-order valence-electron chi connectivity index (χ2n) is 5.26. The van der Waals surface area contributed by atoms with E-state index in [1.807, 2.05) is 37.4 Å². The quantitative estimate of drug-likeness (QED) is 0.433. The normalized spacial score (nSPS) is 10.8. The lowest BCUT2D eigenvalue weighted by molar-refractivity contribution is -0.138. The maximum atomic E-state index is 11.7. The SMILES string of the molecule is C.CCCc1ccn(-c2ccc(C)c(O/C(=C\OC)C(=O)OC)c2)n1. The molecule has 1 aromatic heterocycles. The molecule has 0 atom stereocenters. The van der Waals surface area contributed by atoms with E-state index < -0.39 is 5.97 Å². The number of esters is 1. The Morgan fingerprint density at radius 1 is 1.28 bits per heavy atom. The Balaban J connectivity index is 0.00000312. The molecule has 0 N–H and O–H groups in total. The fraction of sp³-hybridized carbons (Fsp3) is 0.368. The number of benzene rings is 1. The van der Waals surface area contributed by atoms with Crippen molar-refractivity contribution in [1.29, 1.82) is 0 Å². The monoisotopic (exact) mass is 346 g/mol. The van der Waals surface area contributed by atoms with Gasteiger partial charge in [0.15, 0.2) is 0 Å². The van der Waals surface area contributed by atoms with Crippen LogP contribution in [0.2, 0.25) is 0 Å². The number of methoxy groups -OCH3 is 2. The molecule has 136 valence electrons. The average molecular weight is 346 g/mol. The van der Waals surface area contributed by atoms with E-state index in [2.05, 4.69) is 12.0 Å². The molecule has 25 heavy (non-hydrogen) atoms. The molecule has 6 nitrogen and oxygen atoms in total. The number of aromatic nitrogens is 2. The molecule has 0 bridgehead atoms. The van der Waals surface area contributed by atoms with Crippen molar-refractivity contribution in [2.75, 3.05) is 14.2 Å². The highest BCUT2D eigenvalue weighted by molar-refractivity contribution is 5.86. The molecule has 0 spiro atoms. The van der Waals surface area contributed by atoms with E-state index in [0.29, 0.717) is 5.75 Å². The van der Waals surface area contributed by atoms with E-state index in [-0.39, 0.29) is 13.2 Å². The maximum Gasteiger partial charge on any atom is 0.377 e. The number of hydrogen-bond acceptors (Lipinski definition) is 5. The molecule has 0 saturated heterocycles. The van der Waals surface area contributed by atoms with Gasteiger partial charge in [0.2, 0.25) is 5.76 Å². The molecule has 2 rings (SSSR count). The standard InChI is InChI=1S/C18H22N2O4.CH4/c1-5-6-14-9-10-20(19-14)15-8-7-13(2)16(11-15)24-17(12-22-3)18(21)23-4;/h7-12H,5-6H2,1-4H3;1H4/b17-12-;. The van der Waals surface area contributed by atoms with Crippen molar-refractivity contribution in [3.63, 3.8) is 0 Å². The predicted octanol–water partition coefficient (Wildman–Crippen LogP) is 3.81. The van der Waals surface area contributed by atoms with Crippen LogP contribution in [0.5, 0.6) is 5.75 Å². The number of carbonyl (C=O) groups is 1. The van der Waals surface area contributed by atoms with E-state index >= 15 is 0 Å². The second-order valence-corrected chi connectivity index (χ2v) is 5.26. The van der Waals surface area contributed by atoms with Crippen molar-refractivity contribution in [1.82, 2.24) is 9.78 Å². The van der Waals surface area contributed by atoms with Crippen LogP contribution in [-0.2, 0) is 20.7 Å². The Morgan fingerprint density at radius 3 is 2.68 bits per heavy atom. The molecule has 1 aromatic carbocycles. The van der Waals surface area contributed by atoms with Gasteiger partial charge in [-0.25, -0.2) is 9.48 Å². The maximum absolute atomic E-state index is 11.7. The summed E-state index contributed by atoms with van der Waals surface area (Å²) in [5.41, 5.74) is 2.76. The summed E-state index contributed by atoms with van der Waals surface area (Å²) in [4.78, 5) is 11.7. The Kier molecular flexibility index (Phi) is 7.72. The van der Waals surface area contributed by atoms with Crippen LogP contribution in [0.1, 0.15) is 32.0 Å². The highest BCUT2D eigenvalue weighted by Crippen LogP contribution is 2.24. The fourth-order valence-electron chi connectivity index (χ4n) is 2.18. The minimum absolute atomic E-state index is 0. The summed E-state index contributed by atoms with van der Waals surface area (Å²) in [6, 6.07) is 7.68. The van der Waals surface area contributed by atoms with Crippen LogP contribution in [-0.4, -0.2) is 30.0 Å². The van der Waals surface area contributed by atoms with Crippen molar-refractivity contribution >= 4 is 5.97 Å². The van der Waals surface area contributed by atoms with Crippen molar-refractivity contribution in [3.05, 3.63) is 53.7 Å². The summed E-state index contributed by atoms with van der Waals surface area (Å²) >= 11 is 0. The first kappa shape index (κ1) is 20.3. The molecule has 0 saturated carbocycles. The zero-order valence-corrected chi connectivity index (χ0v) is 14.4. The Bertz CT molecular complexity index is 735. The molecule has 0 fully saturated rings. The highest BCUT2D eigenvalue weighted by atomic mass is 16.6. The van der Waals surface area contributed by atoms with Gasteiger partial charge in [-0.15, -0.1) is 0 Å². The van der Waals surface area contributed by atoms with Gasteiger partial charge >= 0.3 is 5.97 Å². The lowest BCUT2D eigenvalue weighted by Gasteiger charge is -2.12. The topological polar surface area (TPSA) is 62.6 Å². The molecule has 0 aliphatic heterocycles. The van der Waals surface area contributed by atoms with Crippen LogP contribution in [0.25, 0.3) is 5.69 Å². The molecule has 6 heteroatoms. The summed E-state index contributed by atoms with van der Waals surface area (Å²) in [7, 11) is 2.73. The summed E-state index contributed by atoms with van der Waals surface area (Å²) in [6.07, 6.45) is 5.10. The molecule has 2 aromatic rings. The van der Waals surface area contributed by atoms with Gasteiger partial charge in [0.25, 0.3) is 0 Å². The Morgan fingerprint density at radius 2 is 2.04 bits per heavy atom. The van der Waals surface area contributed by atoms with Crippen molar-refractivity contribution in [2.45, 2.75) is 34.1 Å². The largest absolute Gasteiger partial charge is 0.500 e. The molecule has 1 heterocycles. The lowest BCUT2D eigenvalue weighted by atomic mass is 10.2. The predicted molar refractivity (Wildman–Crippen MR) is 96.8 cm³/mol. The van der Waals surface area contributed by atoms with E-state index in [9.17, 15) is 4.79 Å². The van der Waals surface area contributed by atoms with Gasteiger partial charge in [-0.2, -0.15) is 5.10 Å². The van der Waals surface area contributed by atoms with E-state index in [4.69, 9.17) is 14.2 Å². The van der Waals surface area contributed by atoms with Crippen molar-refractivity contribution in [2.24, 2.45) is 0 Å². The number of rotatable bonds is 7. The molecule has 0 aliphatic rings.